The van der Waals surface area contributed by atoms with Gasteiger partial charge >= 0.3 is 0 Å². The SMILES string of the molecule is COc1ccc(C(=O)NCC(=O)N2CCN(Cc3ccc4c(c3)CCO4)CC2)cc1OC. The molecule has 0 aliphatic carbocycles. The number of rotatable bonds is 7. The van der Waals surface area contributed by atoms with Crippen molar-refractivity contribution in [2.24, 2.45) is 0 Å². The Morgan fingerprint density at radius 1 is 1.00 bits per heavy atom. The molecule has 2 aromatic carbocycles. The Balaban J connectivity index is 1.23. The van der Waals surface area contributed by atoms with Gasteiger partial charge in [0.2, 0.25) is 5.91 Å². The summed E-state index contributed by atoms with van der Waals surface area (Å²) in [6.45, 7) is 4.52. The molecule has 1 saturated heterocycles. The van der Waals surface area contributed by atoms with E-state index in [1.807, 2.05) is 4.90 Å². The maximum absolute atomic E-state index is 12.6. The van der Waals surface area contributed by atoms with E-state index in [2.05, 4.69) is 28.4 Å². The number of methoxy groups -OCH3 is 2. The molecule has 0 unspecified atom stereocenters. The van der Waals surface area contributed by atoms with Crippen molar-refractivity contribution in [2.75, 3.05) is 53.6 Å². The molecule has 2 amide bonds. The highest BCUT2D eigenvalue weighted by Gasteiger charge is 2.22. The molecule has 1 fully saturated rings. The first-order chi connectivity index (χ1) is 15.6. The Morgan fingerprint density at radius 3 is 2.53 bits per heavy atom. The molecule has 2 aromatic rings. The number of benzene rings is 2. The van der Waals surface area contributed by atoms with Gasteiger partial charge in [-0.3, -0.25) is 14.5 Å². The third kappa shape index (κ3) is 4.96. The molecule has 0 atom stereocenters. The standard InChI is InChI=1S/C24H29N3O5/c1-30-21-6-4-19(14-22(21)31-2)24(29)25-15-23(28)27-10-8-26(9-11-27)16-17-3-5-20-18(13-17)7-12-32-20/h3-6,13-14H,7-12,15-16H2,1-2H3,(H,25,29). The van der Waals surface area contributed by atoms with Crippen LogP contribution in [0.2, 0.25) is 0 Å². The molecular weight excluding hydrogens is 410 g/mol. The van der Waals surface area contributed by atoms with E-state index < -0.39 is 0 Å². The van der Waals surface area contributed by atoms with Crippen molar-refractivity contribution >= 4 is 11.8 Å². The van der Waals surface area contributed by atoms with Crippen molar-refractivity contribution in [3.05, 3.63) is 53.1 Å². The molecule has 4 rings (SSSR count). The van der Waals surface area contributed by atoms with Crippen LogP contribution in [0.15, 0.2) is 36.4 Å². The van der Waals surface area contributed by atoms with Gasteiger partial charge in [-0.05, 0) is 35.4 Å². The summed E-state index contributed by atoms with van der Waals surface area (Å²) in [5.41, 5.74) is 2.97. The van der Waals surface area contributed by atoms with Gasteiger partial charge in [0.25, 0.3) is 5.91 Å². The van der Waals surface area contributed by atoms with Crippen molar-refractivity contribution in [3.63, 3.8) is 0 Å². The quantitative estimate of drug-likeness (QED) is 0.708. The summed E-state index contributed by atoms with van der Waals surface area (Å²) >= 11 is 0. The van der Waals surface area contributed by atoms with Gasteiger partial charge in [-0.15, -0.1) is 0 Å². The topological polar surface area (TPSA) is 80.3 Å². The van der Waals surface area contributed by atoms with Crippen molar-refractivity contribution in [1.29, 1.82) is 0 Å². The summed E-state index contributed by atoms with van der Waals surface area (Å²) in [5.74, 6) is 1.62. The second kappa shape index (κ2) is 9.91. The fraction of sp³-hybridized carbons (Fsp3) is 0.417. The van der Waals surface area contributed by atoms with Gasteiger partial charge in [-0.1, -0.05) is 12.1 Å². The van der Waals surface area contributed by atoms with Crippen LogP contribution >= 0.6 is 0 Å². The zero-order chi connectivity index (χ0) is 22.5. The lowest BCUT2D eigenvalue weighted by molar-refractivity contribution is -0.131. The number of piperazine rings is 1. The largest absolute Gasteiger partial charge is 0.493 e. The molecule has 2 aliphatic rings. The summed E-state index contributed by atoms with van der Waals surface area (Å²) in [7, 11) is 3.05. The van der Waals surface area contributed by atoms with Crippen LogP contribution in [0.5, 0.6) is 17.2 Å². The van der Waals surface area contributed by atoms with E-state index >= 15 is 0 Å². The predicted molar refractivity (Wildman–Crippen MR) is 119 cm³/mol. The van der Waals surface area contributed by atoms with E-state index in [1.54, 1.807) is 18.2 Å². The Labute approximate surface area is 188 Å². The van der Waals surface area contributed by atoms with Crippen molar-refractivity contribution in [1.82, 2.24) is 15.1 Å². The van der Waals surface area contributed by atoms with Crippen molar-refractivity contribution in [2.45, 2.75) is 13.0 Å². The van der Waals surface area contributed by atoms with Crippen LogP contribution in [0.3, 0.4) is 0 Å². The second-order valence-corrected chi connectivity index (χ2v) is 7.95. The van der Waals surface area contributed by atoms with E-state index in [1.165, 1.54) is 25.3 Å². The van der Waals surface area contributed by atoms with Gasteiger partial charge < -0.3 is 24.4 Å². The summed E-state index contributed by atoms with van der Waals surface area (Å²) in [6.07, 6.45) is 0.973. The second-order valence-electron chi connectivity index (χ2n) is 7.95. The molecule has 2 aliphatic heterocycles. The fourth-order valence-electron chi connectivity index (χ4n) is 4.10. The third-order valence-electron chi connectivity index (χ3n) is 5.93. The molecule has 8 nitrogen and oxygen atoms in total. The fourth-order valence-corrected chi connectivity index (χ4v) is 4.10. The Morgan fingerprint density at radius 2 is 1.78 bits per heavy atom. The zero-order valence-electron chi connectivity index (χ0n) is 18.6. The molecule has 8 heteroatoms. The van der Waals surface area contributed by atoms with Gasteiger partial charge in [-0.25, -0.2) is 0 Å². The summed E-state index contributed by atoms with van der Waals surface area (Å²) in [5, 5.41) is 2.71. The van der Waals surface area contributed by atoms with Crippen LogP contribution < -0.4 is 19.5 Å². The number of nitrogens with zero attached hydrogens (tertiary/aromatic N) is 2. The lowest BCUT2D eigenvalue weighted by atomic mass is 10.1. The lowest BCUT2D eigenvalue weighted by Crippen LogP contribution is -2.50. The van der Waals surface area contributed by atoms with Gasteiger partial charge in [0.1, 0.15) is 5.75 Å². The monoisotopic (exact) mass is 439 g/mol. The number of carbonyl (C=O) groups excluding carboxylic acids is 2. The summed E-state index contributed by atoms with van der Waals surface area (Å²) < 4.78 is 16.0. The summed E-state index contributed by atoms with van der Waals surface area (Å²) in [4.78, 5) is 29.2. The minimum absolute atomic E-state index is 0.0298. The first-order valence-corrected chi connectivity index (χ1v) is 10.8. The van der Waals surface area contributed by atoms with Crippen LogP contribution in [0, 0.1) is 0 Å². The van der Waals surface area contributed by atoms with Crippen LogP contribution in [-0.2, 0) is 17.8 Å². The Kier molecular flexibility index (Phi) is 6.80. The van der Waals surface area contributed by atoms with Gasteiger partial charge in [0.05, 0.1) is 27.4 Å². The molecule has 170 valence electrons. The highest BCUT2D eigenvalue weighted by molar-refractivity contribution is 5.97. The Bertz CT molecular complexity index is 986. The smallest absolute Gasteiger partial charge is 0.251 e. The summed E-state index contributed by atoms with van der Waals surface area (Å²) in [6, 6.07) is 11.3. The molecule has 2 heterocycles. The predicted octanol–water partition coefficient (Wildman–Crippen LogP) is 1.71. The van der Waals surface area contributed by atoms with Crippen LogP contribution in [0.4, 0.5) is 0 Å². The third-order valence-corrected chi connectivity index (χ3v) is 5.93. The van der Waals surface area contributed by atoms with E-state index in [9.17, 15) is 9.59 Å². The lowest BCUT2D eigenvalue weighted by Gasteiger charge is -2.34. The van der Waals surface area contributed by atoms with E-state index in [0.29, 0.717) is 30.2 Å². The minimum Gasteiger partial charge on any atom is -0.493 e. The molecule has 0 aromatic heterocycles. The maximum atomic E-state index is 12.6. The zero-order valence-corrected chi connectivity index (χ0v) is 18.6. The highest BCUT2D eigenvalue weighted by Crippen LogP contribution is 2.28. The van der Waals surface area contributed by atoms with Crippen molar-refractivity contribution < 1.29 is 23.8 Å². The van der Waals surface area contributed by atoms with Gasteiger partial charge in [-0.2, -0.15) is 0 Å². The molecule has 32 heavy (non-hydrogen) atoms. The van der Waals surface area contributed by atoms with E-state index in [-0.39, 0.29) is 18.4 Å². The molecule has 1 N–H and O–H groups in total. The van der Waals surface area contributed by atoms with E-state index in [4.69, 9.17) is 14.2 Å². The number of hydrogen-bond acceptors (Lipinski definition) is 6. The number of amides is 2. The number of nitrogens with one attached hydrogen (secondary N) is 1. The van der Waals surface area contributed by atoms with Crippen LogP contribution in [0.1, 0.15) is 21.5 Å². The average molecular weight is 440 g/mol. The maximum Gasteiger partial charge on any atom is 0.251 e. The highest BCUT2D eigenvalue weighted by atomic mass is 16.5. The molecule has 0 radical (unpaired) electrons. The number of hydrogen-bond donors (Lipinski definition) is 1. The average Bonchev–Trinajstić information content (AvgIpc) is 3.30. The minimum atomic E-state index is -0.321. The van der Waals surface area contributed by atoms with Gasteiger partial charge in [0.15, 0.2) is 11.5 Å². The first kappa shape index (κ1) is 22.0. The Hall–Kier alpha value is -3.26. The molecule has 0 spiro atoms. The molecule has 0 bridgehead atoms. The van der Waals surface area contributed by atoms with Crippen molar-refractivity contribution in [3.8, 4) is 17.2 Å². The number of ether oxygens (including phenoxy) is 3. The van der Waals surface area contributed by atoms with Crippen LogP contribution in [-0.4, -0.2) is 75.2 Å². The molecular formula is C24H29N3O5. The van der Waals surface area contributed by atoms with E-state index in [0.717, 1.165) is 38.4 Å². The number of carbonyl (C=O) groups is 2. The number of fused-ring (bicyclic) bond motifs is 1. The van der Waals surface area contributed by atoms with Gasteiger partial charge in [0, 0.05) is 44.7 Å². The van der Waals surface area contributed by atoms with Crippen LogP contribution in [0.25, 0.3) is 0 Å². The first-order valence-electron chi connectivity index (χ1n) is 10.8. The molecule has 0 saturated carbocycles. The normalized spacial score (nSPS) is 15.6.